The summed E-state index contributed by atoms with van der Waals surface area (Å²) in [4.78, 5) is 36.6. The Morgan fingerprint density at radius 1 is 1.28 bits per heavy atom. The van der Waals surface area contributed by atoms with Crippen LogP contribution in [0, 0.1) is 5.92 Å². The van der Waals surface area contributed by atoms with Crippen LogP contribution in [0.2, 0.25) is 10.0 Å². The van der Waals surface area contributed by atoms with Gasteiger partial charge < -0.3 is 19.9 Å². The minimum Gasteiger partial charge on any atom is -0.508 e. The molecule has 0 unspecified atom stereocenters. The molecule has 2 rings (SSSR count). The standard InChI is InChI=1S/C19H25BCl2N2O5/c1-11(2)7-15(20-28-17(26)9-19(3,4)29-20)24-16(25)10-23-18(27)13-8-12(21)5-6-14(13)22/h5-6,8,11,15H,7,9-10H2,1-4H3,(H,23,27)(H,24,25)/t15-/m0/s1. The number of benzene rings is 1. The van der Waals surface area contributed by atoms with Crippen molar-refractivity contribution in [2.45, 2.75) is 52.1 Å². The molecule has 0 spiro atoms. The predicted molar refractivity (Wildman–Crippen MR) is 112 cm³/mol. The van der Waals surface area contributed by atoms with E-state index >= 15 is 0 Å². The van der Waals surface area contributed by atoms with Gasteiger partial charge in [-0.05, 0) is 44.4 Å². The molecule has 0 saturated carbocycles. The molecule has 0 aromatic heterocycles. The Bertz CT molecular complexity index is 788. The van der Waals surface area contributed by atoms with Crippen LogP contribution in [0.4, 0.5) is 0 Å². The number of carbonyl (C=O) groups excluding carboxylic acids is 3. The van der Waals surface area contributed by atoms with Gasteiger partial charge in [0.1, 0.15) is 0 Å². The third-order valence-corrected chi connectivity index (χ3v) is 4.80. The first kappa shape index (κ1) is 23.5. The van der Waals surface area contributed by atoms with Gasteiger partial charge in [0.2, 0.25) is 5.91 Å². The van der Waals surface area contributed by atoms with E-state index < -0.39 is 30.5 Å². The molecule has 1 heterocycles. The van der Waals surface area contributed by atoms with E-state index in [1.807, 2.05) is 13.8 Å². The molecule has 1 aromatic rings. The maximum Gasteiger partial charge on any atom is 0.551 e. The zero-order valence-electron chi connectivity index (χ0n) is 16.9. The number of rotatable bonds is 7. The topological polar surface area (TPSA) is 93.7 Å². The van der Waals surface area contributed by atoms with Crippen LogP contribution in [0.25, 0.3) is 0 Å². The van der Waals surface area contributed by atoms with E-state index in [2.05, 4.69) is 10.6 Å². The zero-order chi connectivity index (χ0) is 21.8. The minimum atomic E-state index is -0.893. The van der Waals surface area contributed by atoms with Crippen molar-refractivity contribution in [3.8, 4) is 0 Å². The summed E-state index contributed by atoms with van der Waals surface area (Å²) in [6.45, 7) is 7.28. The van der Waals surface area contributed by atoms with Gasteiger partial charge in [-0.2, -0.15) is 0 Å². The lowest BCUT2D eigenvalue weighted by Gasteiger charge is -2.36. The zero-order valence-corrected chi connectivity index (χ0v) is 18.4. The smallest absolute Gasteiger partial charge is 0.508 e. The van der Waals surface area contributed by atoms with E-state index in [9.17, 15) is 14.4 Å². The van der Waals surface area contributed by atoms with Crippen molar-refractivity contribution in [1.82, 2.24) is 10.6 Å². The summed E-state index contributed by atoms with van der Waals surface area (Å²) in [6.07, 6.45) is 0.677. The van der Waals surface area contributed by atoms with Gasteiger partial charge in [-0.1, -0.05) is 37.0 Å². The molecule has 10 heteroatoms. The van der Waals surface area contributed by atoms with Crippen LogP contribution >= 0.6 is 23.2 Å². The van der Waals surface area contributed by atoms with Crippen LogP contribution in [0.5, 0.6) is 0 Å². The van der Waals surface area contributed by atoms with Gasteiger partial charge in [-0.3, -0.25) is 14.4 Å². The fourth-order valence-corrected chi connectivity index (χ4v) is 3.37. The number of nitrogens with one attached hydrogen (secondary N) is 2. The largest absolute Gasteiger partial charge is 0.551 e. The summed E-state index contributed by atoms with van der Waals surface area (Å²) >= 11 is 11.9. The fourth-order valence-electron chi connectivity index (χ4n) is 2.99. The first-order valence-electron chi connectivity index (χ1n) is 9.37. The van der Waals surface area contributed by atoms with Gasteiger partial charge >= 0.3 is 7.12 Å². The summed E-state index contributed by atoms with van der Waals surface area (Å²) in [5, 5.41) is 5.90. The lowest BCUT2D eigenvalue weighted by atomic mass is 9.71. The Labute approximate surface area is 180 Å². The number of carbonyl (C=O) groups is 3. The lowest BCUT2D eigenvalue weighted by Crippen LogP contribution is -2.57. The summed E-state index contributed by atoms with van der Waals surface area (Å²) in [5.74, 6) is -1.66. The van der Waals surface area contributed by atoms with Crippen molar-refractivity contribution in [2.24, 2.45) is 5.92 Å². The molecule has 1 aliphatic rings. The van der Waals surface area contributed by atoms with Crippen LogP contribution < -0.4 is 10.6 Å². The summed E-state index contributed by atoms with van der Waals surface area (Å²) < 4.78 is 11.2. The van der Waals surface area contributed by atoms with Gasteiger partial charge in [0, 0.05) is 5.02 Å². The van der Waals surface area contributed by atoms with Gasteiger partial charge in [-0.25, -0.2) is 0 Å². The molecule has 1 aliphatic heterocycles. The molecular weight excluding hydrogens is 418 g/mol. The molecule has 1 fully saturated rings. The SMILES string of the molecule is CC(C)C[C@H](NC(=O)CNC(=O)c1cc(Cl)ccc1Cl)B1OC(=O)CC(C)(C)O1. The van der Waals surface area contributed by atoms with E-state index in [0.29, 0.717) is 11.4 Å². The molecule has 1 aromatic carbocycles. The van der Waals surface area contributed by atoms with E-state index in [-0.39, 0.29) is 35.4 Å². The first-order chi connectivity index (χ1) is 13.5. The Morgan fingerprint density at radius 2 is 1.97 bits per heavy atom. The van der Waals surface area contributed by atoms with Crippen LogP contribution in [0.15, 0.2) is 18.2 Å². The number of amides is 2. The average Bonchev–Trinajstić information content (AvgIpc) is 2.59. The Kier molecular flexibility index (Phi) is 7.97. The Morgan fingerprint density at radius 3 is 2.59 bits per heavy atom. The third kappa shape index (κ3) is 7.21. The van der Waals surface area contributed by atoms with Gasteiger partial charge in [-0.15, -0.1) is 0 Å². The summed E-state index contributed by atoms with van der Waals surface area (Å²) in [7, 11) is -0.893. The van der Waals surface area contributed by atoms with Gasteiger partial charge in [0.05, 0.1) is 35.1 Å². The number of halogens is 2. The predicted octanol–water partition coefficient (Wildman–Crippen LogP) is 3.02. The molecular formula is C19H25BCl2N2O5. The molecule has 1 saturated heterocycles. The van der Waals surface area contributed by atoms with Crippen molar-refractivity contribution in [3.63, 3.8) is 0 Å². The van der Waals surface area contributed by atoms with Crippen LogP contribution in [-0.4, -0.2) is 43.0 Å². The summed E-state index contributed by atoms with van der Waals surface area (Å²) in [6, 6.07) is 4.50. The second-order valence-corrected chi connectivity index (χ2v) is 8.87. The normalized spacial score (nSPS) is 16.9. The maximum atomic E-state index is 12.4. The highest BCUT2D eigenvalue weighted by Crippen LogP contribution is 2.25. The van der Waals surface area contributed by atoms with E-state index in [1.54, 1.807) is 19.9 Å². The lowest BCUT2D eigenvalue weighted by molar-refractivity contribution is -0.147. The number of hydrogen-bond acceptors (Lipinski definition) is 5. The molecule has 0 aliphatic carbocycles. The van der Waals surface area contributed by atoms with E-state index in [4.69, 9.17) is 32.5 Å². The van der Waals surface area contributed by atoms with Gasteiger partial charge in [0.25, 0.3) is 11.9 Å². The maximum absolute atomic E-state index is 12.4. The van der Waals surface area contributed by atoms with Crippen LogP contribution in [0.3, 0.4) is 0 Å². The molecule has 158 valence electrons. The van der Waals surface area contributed by atoms with E-state index in [0.717, 1.165) is 0 Å². The van der Waals surface area contributed by atoms with Crippen LogP contribution in [-0.2, 0) is 18.9 Å². The highest BCUT2D eigenvalue weighted by atomic mass is 35.5. The van der Waals surface area contributed by atoms with E-state index in [1.165, 1.54) is 12.1 Å². The van der Waals surface area contributed by atoms with Crippen molar-refractivity contribution in [3.05, 3.63) is 33.8 Å². The molecule has 1 atom stereocenters. The molecule has 7 nitrogen and oxygen atoms in total. The first-order valence-corrected chi connectivity index (χ1v) is 10.1. The van der Waals surface area contributed by atoms with Crippen molar-refractivity contribution in [2.75, 3.05) is 6.54 Å². The Hall–Kier alpha value is -1.77. The molecule has 29 heavy (non-hydrogen) atoms. The number of hydrogen-bond donors (Lipinski definition) is 2. The van der Waals surface area contributed by atoms with Crippen LogP contribution in [0.1, 0.15) is 50.9 Å². The van der Waals surface area contributed by atoms with Crippen molar-refractivity contribution >= 4 is 48.1 Å². The highest BCUT2D eigenvalue weighted by Gasteiger charge is 2.45. The summed E-state index contributed by atoms with van der Waals surface area (Å²) in [5.41, 5.74) is -0.505. The minimum absolute atomic E-state index is 0.141. The molecule has 0 bridgehead atoms. The molecule has 0 radical (unpaired) electrons. The highest BCUT2D eigenvalue weighted by molar-refractivity contribution is 6.49. The monoisotopic (exact) mass is 442 g/mol. The second-order valence-electron chi connectivity index (χ2n) is 8.02. The third-order valence-electron chi connectivity index (χ3n) is 4.24. The van der Waals surface area contributed by atoms with Crippen molar-refractivity contribution in [1.29, 1.82) is 0 Å². The second kappa shape index (κ2) is 9.83. The van der Waals surface area contributed by atoms with Crippen molar-refractivity contribution < 1.29 is 23.7 Å². The fraction of sp³-hybridized carbons (Fsp3) is 0.526. The molecule has 2 amide bonds. The van der Waals surface area contributed by atoms with Gasteiger partial charge in [0.15, 0.2) is 0 Å². The average molecular weight is 443 g/mol. The quantitative estimate of drug-likeness (QED) is 0.633. The Balaban J connectivity index is 2.00. The molecule has 2 N–H and O–H groups in total.